The van der Waals surface area contributed by atoms with E-state index in [0.29, 0.717) is 0 Å². The van der Waals surface area contributed by atoms with Gasteiger partial charge in [-0.05, 0) is 37.0 Å². The van der Waals surface area contributed by atoms with E-state index in [4.69, 9.17) is 5.26 Å². The summed E-state index contributed by atoms with van der Waals surface area (Å²) in [5.74, 6) is -0.433. The molecule has 0 spiro atoms. The van der Waals surface area contributed by atoms with Gasteiger partial charge in [0.2, 0.25) is 10.0 Å². The highest BCUT2D eigenvalue weighted by Crippen LogP contribution is 2.25. The summed E-state index contributed by atoms with van der Waals surface area (Å²) in [5.41, 5.74) is -0.258. The van der Waals surface area contributed by atoms with Crippen LogP contribution in [-0.2, 0) is 10.0 Å². The Kier molecular flexibility index (Phi) is 4.96. The predicted molar refractivity (Wildman–Crippen MR) is 77.5 cm³/mol. The first-order valence-electron chi connectivity index (χ1n) is 7.16. The predicted octanol–water partition coefficient (Wildman–Crippen LogP) is 2.94. The molecule has 2 unspecified atom stereocenters. The van der Waals surface area contributed by atoms with E-state index < -0.39 is 15.8 Å². The van der Waals surface area contributed by atoms with Gasteiger partial charge in [0.1, 0.15) is 11.9 Å². The molecule has 0 bridgehead atoms. The molecule has 1 aromatic carbocycles. The second-order valence-corrected chi connectivity index (χ2v) is 7.31. The van der Waals surface area contributed by atoms with E-state index in [1.54, 1.807) is 6.07 Å². The van der Waals surface area contributed by atoms with Crippen molar-refractivity contribution in [1.29, 1.82) is 5.26 Å². The van der Waals surface area contributed by atoms with Crippen LogP contribution in [0.3, 0.4) is 0 Å². The van der Waals surface area contributed by atoms with Gasteiger partial charge in [0.05, 0.1) is 10.5 Å². The van der Waals surface area contributed by atoms with E-state index in [1.807, 2.05) is 6.92 Å². The van der Waals surface area contributed by atoms with Crippen LogP contribution in [0.1, 0.15) is 44.6 Å². The zero-order chi connectivity index (χ0) is 15.5. The summed E-state index contributed by atoms with van der Waals surface area (Å²) >= 11 is 0. The molecule has 6 heteroatoms. The highest BCUT2D eigenvalue weighted by atomic mass is 32.2. The zero-order valence-corrected chi connectivity index (χ0v) is 12.8. The summed E-state index contributed by atoms with van der Waals surface area (Å²) in [6.07, 6.45) is 5.06. The van der Waals surface area contributed by atoms with Crippen molar-refractivity contribution in [3.63, 3.8) is 0 Å². The molecule has 0 radical (unpaired) electrons. The van der Waals surface area contributed by atoms with Gasteiger partial charge >= 0.3 is 0 Å². The highest BCUT2D eigenvalue weighted by Gasteiger charge is 2.26. The summed E-state index contributed by atoms with van der Waals surface area (Å²) < 4.78 is 40.8. The van der Waals surface area contributed by atoms with Crippen molar-refractivity contribution in [2.75, 3.05) is 0 Å². The number of hydrogen-bond acceptors (Lipinski definition) is 3. The van der Waals surface area contributed by atoms with Gasteiger partial charge in [-0.25, -0.2) is 17.5 Å². The molecular formula is C15H19FN2O2S. The van der Waals surface area contributed by atoms with E-state index in [9.17, 15) is 12.8 Å². The van der Waals surface area contributed by atoms with Crippen LogP contribution in [-0.4, -0.2) is 14.5 Å². The summed E-state index contributed by atoms with van der Waals surface area (Å²) in [6.45, 7) is 2.05. The molecular weight excluding hydrogens is 291 g/mol. The number of sulfonamides is 1. The number of nitriles is 1. The molecule has 2 atom stereocenters. The van der Waals surface area contributed by atoms with Crippen LogP contribution in [0.5, 0.6) is 0 Å². The number of nitrogens with one attached hydrogen (secondary N) is 1. The van der Waals surface area contributed by atoms with Crippen molar-refractivity contribution in [3.8, 4) is 6.07 Å². The Morgan fingerprint density at radius 1 is 1.29 bits per heavy atom. The molecule has 1 fully saturated rings. The summed E-state index contributed by atoms with van der Waals surface area (Å²) in [4.78, 5) is -0.0584. The Morgan fingerprint density at radius 3 is 2.71 bits per heavy atom. The van der Waals surface area contributed by atoms with E-state index in [-0.39, 0.29) is 22.4 Å². The minimum Gasteiger partial charge on any atom is -0.208 e. The third-order valence-corrected chi connectivity index (χ3v) is 5.52. The summed E-state index contributed by atoms with van der Waals surface area (Å²) in [6, 6.07) is 4.85. The van der Waals surface area contributed by atoms with Crippen molar-refractivity contribution >= 4 is 10.0 Å². The maximum Gasteiger partial charge on any atom is 0.240 e. The fourth-order valence-corrected chi connectivity index (χ4v) is 4.10. The average molecular weight is 310 g/mol. The fraction of sp³-hybridized carbons (Fsp3) is 0.533. The molecule has 114 valence electrons. The zero-order valence-electron chi connectivity index (χ0n) is 12.0. The van der Waals surface area contributed by atoms with Crippen LogP contribution < -0.4 is 4.72 Å². The minimum absolute atomic E-state index is 0.0584. The molecule has 2 rings (SSSR count). The van der Waals surface area contributed by atoms with Crippen molar-refractivity contribution < 1.29 is 12.8 Å². The van der Waals surface area contributed by atoms with Gasteiger partial charge in [0, 0.05) is 6.04 Å². The minimum atomic E-state index is -3.73. The largest absolute Gasteiger partial charge is 0.240 e. The molecule has 1 N–H and O–H groups in total. The molecule has 0 aromatic heterocycles. The number of halogens is 1. The lowest BCUT2D eigenvalue weighted by molar-refractivity contribution is 0.399. The Balaban J connectivity index is 2.23. The first kappa shape index (κ1) is 15.9. The Hall–Kier alpha value is -1.45. The van der Waals surface area contributed by atoms with Gasteiger partial charge < -0.3 is 0 Å². The van der Waals surface area contributed by atoms with Gasteiger partial charge in [0.25, 0.3) is 0 Å². The SMILES string of the molecule is CC1CCCCCC1NS(=O)(=O)c1ccc(F)c(C#N)c1. The van der Waals surface area contributed by atoms with E-state index in [1.165, 1.54) is 6.07 Å². The topological polar surface area (TPSA) is 70.0 Å². The first-order valence-corrected chi connectivity index (χ1v) is 8.64. The number of benzene rings is 1. The van der Waals surface area contributed by atoms with Crippen LogP contribution in [0.2, 0.25) is 0 Å². The molecule has 4 nitrogen and oxygen atoms in total. The van der Waals surface area contributed by atoms with Crippen molar-refractivity contribution in [2.45, 2.75) is 50.0 Å². The standard InChI is InChI=1S/C15H19FN2O2S/c1-11-5-3-2-4-6-15(11)18-21(19,20)13-7-8-14(16)12(9-13)10-17/h7-9,11,15,18H,2-6H2,1H3. The third-order valence-electron chi connectivity index (χ3n) is 4.04. The molecule has 1 aliphatic rings. The third kappa shape index (κ3) is 3.80. The molecule has 1 aliphatic carbocycles. The van der Waals surface area contributed by atoms with Crippen molar-refractivity contribution in [1.82, 2.24) is 4.72 Å². The lowest BCUT2D eigenvalue weighted by Crippen LogP contribution is -2.38. The number of nitrogens with zero attached hydrogens (tertiary/aromatic N) is 1. The lowest BCUT2D eigenvalue weighted by Gasteiger charge is -2.22. The van der Waals surface area contributed by atoms with Crippen molar-refractivity contribution in [2.24, 2.45) is 5.92 Å². The molecule has 1 aromatic rings. The van der Waals surface area contributed by atoms with Crippen LogP contribution in [0.4, 0.5) is 4.39 Å². The van der Waals surface area contributed by atoms with Gasteiger partial charge in [0.15, 0.2) is 0 Å². The maximum atomic E-state index is 13.3. The number of hydrogen-bond donors (Lipinski definition) is 1. The molecule has 0 amide bonds. The highest BCUT2D eigenvalue weighted by molar-refractivity contribution is 7.89. The molecule has 0 saturated heterocycles. The smallest absolute Gasteiger partial charge is 0.208 e. The normalized spacial score (nSPS) is 23.3. The average Bonchev–Trinajstić information content (AvgIpc) is 2.64. The molecule has 1 saturated carbocycles. The van der Waals surface area contributed by atoms with Gasteiger partial charge in [-0.15, -0.1) is 0 Å². The first-order chi connectivity index (χ1) is 9.94. The fourth-order valence-electron chi connectivity index (χ4n) is 2.69. The maximum absolute atomic E-state index is 13.3. The van der Waals surface area contributed by atoms with Crippen LogP contribution >= 0.6 is 0 Å². The quantitative estimate of drug-likeness (QED) is 0.873. The Bertz CT molecular complexity index is 652. The monoisotopic (exact) mass is 310 g/mol. The van der Waals surface area contributed by atoms with E-state index in [0.717, 1.165) is 44.2 Å². The van der Waals surface area contributed by atoms with Crippen molar-refractivity contribution in [3.05, 3.63) is 29.6 Å². The van der Waals surface area contributed by atoms with Crippen LogP contribution in [0, 0.1) is 23.1 Å². The summed E-state index contributed by atoms with van der Waals surface area (Å²) in [5, 5.41) is 8.80. The van der Waals surface area contributed by atoms with E-state index in [2.05, 4.69) is 4.72 Å². The Morgan fingerprint density at radius 2 is 2.00 bits per heavy atom. The molecule has 0 heterocycles. The number of rotatable bonds is 3. The molecule has 0 aliphatic heterocycles. The van der Waals surface area contributed by atoms with Crippen LogP contribution in [0.15, 0.2) is 23.1 Å². The Labute approximate surface area is 125 Å². The van der Waals surface area contributed by atoms with E-state index >= 15 is 0 Å². The van der Waals surface area contributed by atoms with Gasteiger partial charge in [-0.3, -0.25) is 0 Å². The summed E-state index contributed by atoms with van der Waals surface area (Å²) in [7, 11) is -3.73. The second-order valence-electron chi connectivity index (χ2n) is 5.60. The van der Waals surface area contributed by atoms with Crippen LogP contribution in [0.25, 0.3) is 0 Å². The second kappa shape index (κ2) is 6.54. The van der Waals surface area contributed by atoms with Gasteiger partial charge in [-0.2, -0.15) is 5.26 Å². The lowest BCUT2D eigenvalue weighted by atomic mass is 9.98. The molecule has 21 heavy (non-hydrogen) atoms. The van der Waals surface area contributed by atoms with Gasteiger partial charge in [-0.1, -0.05) is 26.2 Å².